The molecule has 0 aliphatic carbocycles. The lowest BCUT2D eigenvalue weighted by molar-refractivity contribution is -0.314. The van der Waals surface area contributed by atoms with Gasteiger partial charge >= 0.3 is 5.97 Å². The smallest absolute Gasteiger partial charge is 0.311 e. The molecule has 5 aliphatic rings. The SMILES string of the molecule is C=C1CO[C@@H]2[C@@H](C)CN(C)[C@H](C)C[C@@](C)(OC1)[C@H](O[C@@H]1O[C@H](C)C[C@H](N(C)C)[C@H]1O)[C@@H](C)[C@H](O[C@H]1C[C@@](C)(OC)[C@H](N)[C@H](C)O1)[C@@H](C)C(=O)O[C@H](CC)[C@@]2(C)O. The Kier molecular flexibility index (Phi) is 16.1. The molecule has 5 fully saturated rings. The first-order chi connectivity index (χ1) is 26.0. The second-order valence-corrected chi connectivity index (χ2v) is 18.5. The topological polar surface area (TPSA) is 164 Å². The fourth-order valence-corrected chi connectivity index (χ4v) is 9.64. The van der Waals surface area contributed by atoms with Crippen molar-refractivity contribution >= 4 is 5.97 Å². The number of hydrogen-bond acceptors (Lipinski definition) is 14. The Labute approximate surface area is 337 Å². The summed E-state index contributed by atoms with van der Waals surface area (Å²) in [4.78, 5) is 18.8. The second kappa shape index (κ2) is 19.0. The standard InChI is InChI=1S/C42H77N3O11/c1-16-31-42(11,48)36-24(3)20-45(14)25(4)18-41(10,51-22-23(2)21-50-36)37(56-39-33(46)30(44(12)13)17-26(5)52-39)27(6)34(28(7)38(47)54-31)55-32-19-40(9,49-15)35(43)29(8)53-32/h24-37,39,46,48H,2,16-22,43H2,1,3-15H3/t24-,25+,26+,27-,28+,29-,30-,31+,32-,33+,34-,35+,36+,37+,39-,40+,41+,42+/m0/s1. The molecule has 5 rings (SSSR count). The van der Waals surface area contributed by atoms with E-state index in [4.69, 9.17) is 43.6 Å². The van der Waals surface area contributed by atoms with E-state index in [1.807, 2.05) is 60.5 Å². The molecular weight excluding hydrogens is 722 g/mol. The maximum Gasteiger partial charge on any atom is 0.311 e. The molecule has 4 N–H and O–H groups in total. The van der Waals surface area contributed by atoms with E-state index < -0.39 is 89.9 Å². The van der Waals surface area contributed by atoms with Crippen LogP contribution in [0, 0.1) is 17.8 Å². The number of likely N-dealkylation sites (N-methyl/N-ethyl adjacent to an activating group) is 1. The molecule has 56 heavy (non-hydrogen) atoms. The van der Waals surface area contributed by atoms with Crippen molar-refractivity contribution in [1.29, 1.82) is 0 Å². The number of hydrogen-bond donors (Lipinski definition) is 3. The van der Waals surface area contributed by atoms with Gasteiger partial charge in [-0.1, -0.05) is 27.4 Å². The maximum atomic E-state index is 14.6. The minimum Gasteiger partial charge on any atom is -0.459 e. The summed E-state index contributed by atoms with van der Waals surface area (Å²) in [5, 5.41) is 24.2. The van der Waals surface area contributed by atoms with Gasteiger partial charge in [-0.15, -0.1) is 0 Å². The molecule has 0 spiro atoms. The minimum absolute atomic E-state index is 0.0575. The van der Waals surface area contributed by atoms with Gasteiger partial charge in [-0.05, 0) is 100 Å². The highest BCUT2D eigenvalue weighted by atomic mass is 16.7. The number of methoxy groups -OCH3 is 1. The number of nitrogens with zero attached hydrogens (tertiary/aromatic N) is 2. The van der Waals surface area contributed by atoms with Crippen molar-refractivity contribution in [3.63, 3.8) is 0 Å². The van der Waals surface area contributed by atoms with Crippen LogP contribution in [0.4, 0.5) is 0 Å². The summed E-state index contributed by atoms with van der Waals surface area (Å²) < 4.78 is 52.6. The van der Waals surface area contributed by atoms with Crippen molar-refractivity contribution < 1.29 is 52.9 Å². The monoisotopic (exact) mass is 800 g/mol. The molecule has 5 aliphatic heterocycles. The Morgan fingerprint density at radius 2 is 1.70 bits per heavy atom. The summed E-state index contributed by atoms with van der Waals surface area (Å²) in [6.45, 7) is 24.5. The number of nitrogens with two attached hydrogens (primary N) is 1. The van der Waals surface area contributed by atoms with Crippen LogP contribution < -0.4 is 5.73 Å². The van der Waals surface area contributed by atoms with Crippen LogP contribution in [0.15, 0.2) is 12.2 Å². The highest BCUT2D eigenvalue weighted by Crippen LogP contribution is 2.41. The Morgan fingerprint density at radius 1 is 1.04 bits per heavy atom. The Bertz CT molecular complexity index is 1310. The number of ether oxygens (including phenoxy) is 8. The Morgan fingerprint density at radius 3 is 2.30 bits per heavy atom. The van der Waals surface area contributed by atoms with E-state index in [-0.39, 0.29) is 37.3 Å². The second-order valence-electron chi connectivity index (χ2n) is 18.5. The van der Waals surface area contributed by atoms with Gasteiger partial charge in [0.1, 0.15) is 17.8 Å². The molecule has 0 aromatic heterocycles. The summed E-state index contributed by atoms with van der Waals surface area (Å²) in [7, 11) is 7.55. The fraction of sp³-hybridized carbons (Fsp3) is 0.929. The highest BCUT2D eigenvalue weighted by molar-refractivity contribution is 5.73. The van der Waals surface area contributed by atoms with Crippen molar-refractivity contribution in [2.45, 2.75) is 185 Å². The molecule has 14 heteroatoms. The van der Waals surface area contributed by atoms with E-state index in [1.54, 1.807) is 21.0 Å². The number of esters is 1. The molecule has 5 heterocycles. The van der Waals surface area contributed by atoms with Gasteiger partial charge in [0.2, 0.25) is 0 Å². The Balaban J connectivity index is 1.94. The fourth-order valence-electron chi connectivity index (χ4n) is 9.64. The quantitative estimate of drug-likeness (QED) is 0.253. The Hall–Kier alpha value is -1.27. The average Bonchev–Trinajstić information content (AvgIpc) is 3.12. The van der Waals surface area contributed by atoms with Crippen LogP contribution in [0.2, 0.25) is 0 Å². The maximum absolute atomic E-state index is 14.6. The van der Waals surface area contributed by atoms with Gasteiger partial charge in [-0.2, -0.15) is 0 Å². The number of aliphatic hydroxyl groups is 2. The van der Waals surface area contributed by atoms with Crippen molar-refractivity contribution in [2.24, 2.45) is 23.5 Å². The van der Waals surface area contributed by atoms with E-state index in [9.17, 15) is 15.0 Å². The van der Waals surface area contributed by atoms with Crippen LogP contribution in [0.5, 0.6) is 0 Å². The molecular formula is C42H77N3O11. The predicted octanol–water partition coefficient (Wildman–Crippen LogP) is 3.49. The van der Waals surface area contributed by atoms with Crippen molar-refractivity contribution in [3.05, 3.63) is 12.2 Å². The number of aliphatic hydroxyl groups excluding tert-OH is 1. The number of rotatable bonds is 7. The van der Waals surface area contributed by atoms with Crippen LogP contribution in [0.25, 0.3) is 0 Å². The molecule has 0 radical (unpaired) electrons. The zero-order valence-electron chi connectivity index (χ0n) is 36.9. The lowest BCUT2D eigenvalue weighted by Crippen LogP contribution is -2.62. The molecule has 0 amide bonds. The van der Waals surface area contributed by atoms with E-state index >= 15 is 0 Å². The van der Waals surface area contributed by atoms with Crippen molar-refractivity contribution in [2.75, 3.05) is 48.0 Å². The third-order valence-corrected chi connectivity index (χ3v) is 13.4. The summed E-state index contributed by atoms with van der Waals surface area (Å²) in [6, 6.07) is -0.705. The summed E-state index contributed by atoms with van der Waals surface area (Å²) >= 11 is 0. The van der Waals surface area contributed by atoms with Gasteiger partial charge in [-0.25, -0.2) is 0 Å². The first-order valence-corrected chi connectivity index (χ1v) is 20.8. The predicted molar refractivity (Wildman–Crippen MR) is 213 cm³/mol. The molecule has 14 nitrogen and oxygen atoms in total. The van der Waals surface area contributed by atoms with E-state index in [0.29, 0.717) is 37.8 Å². The number of fused-ring (bicyclic) bond motifs is 15. The van der Waals surface area contributed by atoms with Crippen molar-refractivity contribution in [1.82, 2.24) is 9.80 Å². The lowest BCUT2D eigenvalue weighted by atomic mass is 9.78. The molecule has 0 saturated carbocycles. The lowest BCUT2D eigenvalue weighted by Gasteiger charge is -2.50. The molecule has 326 valence electrons. The minimum atomic E-state index is -1.56. The van der Waals surface area contributed by atoms with Crippen LogP contribution in [-0.2, 0) is 42.7 Å². The zero-order chi connectivity index (χ0) is 42.1. The first-order valence-electron chi connectivity index (χ1n) is 20.8. The molecule has 0 aromatic rings. The number of carbonyl (C=O) groups excluding carboxylic acids is 1. The highest BCUT2D eigenvalue weighted by Gasteiger charge is 2.53. The van der Waals surface area contributed by atoms with Crippen LogP contribution in [-0.4, -0.2) is 164 Å². The molecule has 0 unspecified atom stereocenters. The number of carbonyl (C=O) groups is 1. The van der Waals surface area contributed by atoms with Gasteiger partial charge in [0, 0.05) is 38.1 Å². The van der Waals surface area contributed by atoms with E-state index in [1.165, 1.54) is 0 Å². The van der Waals surface area contributed by atoms with Gasteiger partial charge < -0.3 is 63.6 Å². The largest absolute Gasteiger partial charge is 0.459 e. The average molecular weight is 800 g/mol. The van der Waals surface area contributed by atoms with Gasteiger partial charge in [0.25, 0.3) is 0 Å². The molecule has 18 atom stereocenters. The molecule has 5 saturated heterocycles. The van der Waals surface area contributed by atoms with E-state index in [2.05, 4.69) is 32.4 Å². The zero-order valence-corrected chi connectivity index (χ0v) is 36.9. The van der Waals surface area contributed by atoms with Crippen LogP contribution in [0.1, 0.15) is 94.9 Å². The molecule has 0 aromatic carbocycles. The first kappa shape index (κ1) is 47.4. The van der Waals surface area contributed by atoms with E-state index in [0.717, 1.165) is 0 Å². The van der Waals surface area contributed by atoms with Gasteiger partial charge in [0.15, 0.2) is 12.6 Å². The van der Waals surface area contributed by atoms with Gasteiger partial charge in [0.05, 0.1) is 66.9 Å². The van der Waals surface area contributed by atoms with Crippen molar-refractivity contribution in [3.8, 4) is 0 Å². The van der Waals surface area contributed by atoms with Crippen LogP contribution in [0.3, 0.4) is 0 Å². The van der Waals surface area contributed by atoms with Crippen LogP contribution >= 0.6 is 0 Å². The normalized spacial score (nSPS) is 48.4. The summed E-state index contributed by atoms with van der Waals surface area (Å²) in [5.74, 6) is -2.20. The third kappa shape index (κ3) is 10.4. The summed E-state index contributed by atoms with van der Waals surface area (Å²) in [5.41, 5.74) is 3.86. The third-order valence-electron chi connectivity index (χ3n) is 13.4. The van der Waals surface area contributed by atoms with Gasteiger partial charge in [-0.3, -0.25) is 4.79 Å². The molecule has 2 bridgehead atoms. The summed E-state index contributed by atoms with van der Waals surface area (Å²) in [6.07, 6.45) is -4.99.